The summed E-state index contributed by atoms with van der Waals surface area (Å²) in [7, 11) is 3.37. The van der Waals surface area contributed by atoms with Crippen molar-refractivity contribution in [2.75, 3.05) is 39.2 Å². The number of halogens is 1. The third kappa shape index (κ3) is 3.65. The van der Waals surface area contributed by atoms with Gasteiger partial charge in [-0.1, -0.05) is 15.9 Å². The summed E-state index contributed by atoms with van der Waals surface area (Å²) in [5.41, 5.74) is 2.44. The Morgan fingerprint density at radius 1 is 1.27 bits per heavy atom. The van der Waals surface area contributed by atoms with Gasteiger partial charge in [-0.25, -0.2) is 0 Å². The SMILES string of the molecule is COC(Cc1cc(Br)ccc1N[C@@H]1CN2CCC1CC2)OC. The van der Waals surface area contributed by atoms with Gasteiger partial charge in [0.15, 0.2) is 6.29 Å². The molecule has 0 radical (unpaired) electrons. The van der Waals surface area contributed by atoms with Crippen LogP contribution in [0.1, 0.15) is 18.4 Å². The van der Waals surface area contributed by atoms with Crippen LogP contribution in [0.5, 0.6) is 0 Å². The molecule has 1 aromatic carbocycles. The van der Waals surface area contributed by atoms with Crippen LogP contribution in [0.2, 0.25) is 0 Å². The zero-order valence-corrected chi connectivity index (χ0v) is 14.9. The van der Waals surface area contributed by atoms with Crippen LogP contribution in [0.3, 0.4) is 0 Å². The van der Waals surface area contributed by atoms with Crippen LogP contribution in [0.4, 0.5) is 5.69 Å². The van der Waals surface area contributed by atoms with Crippen molar-refractivity contribution in [3.05, 3.63) is 28.2 Å². The monoisotopic (exact) mass is 368 g/mol. The number of hydrogen-bond acceptors (Lipinski definition) is 4. The van der Waals surface area contributed by atoms with Gasteiger partial charge in [-0.2, -0.15) is 0 Å². The highest BCUT2D eigenvalue weighted by molar-refractivity contribution is 9.10. The van der Waals surface area contributed by atoms with Crippen LogP contribution in [-0.4, -0.2) is 51.1 Å². The molecule has 0 aromatic heterocycles. The smallest absolute Gasteiger partial charge is 0.160 e. The molecule has 3 fully saturated rings. The second kappa shape index (κ2) is 7.30. The van der Waals surface area contributed by atoms with Crippen molar-refractivity contribution in [3.8, 4) is 0 Å². The number of methoxy groups -OCH3 is 2. The van der Waals surface area contributed by atoms with E-state index in [1.54, 1.807) is 14.2 Å². The van der Waals surface area contributed by atoms with E-state index in [0.29, 0.717) is 6.04 Å². The Morgan fingerprint density at radius 3 is 2.59 bits per heavy atom. The van der Waals surface area contributed by atoms with Gasteiger partial charge in [0.05, 0.1) is 0 Å². The number of ether oxygens (including phenoxy) is 2. The van der Waals surface area contributed by atoms with Gasteiger partial charge in [0.2, 0.25) is 0 Å². The topological polar surface area (TPSA) is 33.7 Å². The fraction of sp³-hybridized carbons (Fsp3) is 0.647. The first-order valence-corrected chi connectivity index (χ1v) is 8.82. The largest absolute Gasteiger partial charge is 0.381 e. The van der Waals surface area contributed by atoms with Gasteiger partial charge in [0, 0.05) is 43.4 Å². The van der Waals surface area contributed by atoms with Gasteiger partial charge in [-0.05, 0) is 55.6 Å². The first-order valence-electron chi connectivity index (χ1n) is 8.02. The average Bonchev–Trinajstić information content (AvgIpc) is 2.56. The number of nitrogens with zero attached hydrogens (tertiary/aromatic N) is 1. The molecule has 22 heavy (non-hydrogen) atoms. The average molecular weight is 369 g/mol. The summed E-state index contributed by atoms with van der Waals surface area (Å²) in [5.74, 6) is 0.808. The zero-order chi connectivity index (χ0) is 15.5. The molecule has 1 N–H and O–H groups in total. The number of benzene rings is 1. The lowest BCUT2D eigenvalue weighted by atomic mass is 9.84. The first-order chi connectivity index (χ1) is 10.7. The Bertz CT molecular complexity index is 499. The van der Waals surface area contributed by atoms with E-state index in [0.717, 1.165) is 23.4 Å². The van der Waals surface area contributed by atoms with Crippen LogP contribution < -0.4 is 5.32 Å². The quantitative estimate of drug-likeness (QED) is 0.782. The summed E-state index contributed by atoms with van der Waals surface area (Å²) in [5, 5.41) is 3.79. The molecule has 0 amide bonds. The minimum absolute atomic E-state index is 0.207. The molecule has 1 aromatic rings. The Balaban J connectivity index is 1.75. The molecular weight excluding hydrogens is 344 g/mol. The van der Waals surface area contributed by atoms with Gasteiger partial charge >= 0.3 is 0 Å². The molecule has 5 heteroatoms. The summed E-state index contributed by atoms with van der Waals surface area (Å²) in [4.78, 5) is 2.57. The lowest BCUT2D eigenvalue weighted by molar-refractivity contribution is -0.100. The van der Waals surface area contributed by atoms with Gasteiger partial charge in [-0.15, -0.1) is 0 Å². The van der Waals surface area contributed by atoms with Gasteiger partial charge in [-0.3, -0.25) is 0 Å². The van der Waals surface area contributed by atoms with E-state index in [4.69, 9.17) is 9.47 Å². The molecule has 0 saturated carbocycles. The summed E-state index contributed by atoms with van der Waals surface area (Å²) in [6.45, 7) is 3.70. The van der Waals surface area contributed by atoms with Crippen LogP contribution in [0.25, 0.3) is 0 Å². The summed E-state index contributed by atoms with van der Waals surface area (Å²) in [6.07, 6.45) is 3.18. The summed E-state index contributed by atoms with van der Waals surface area (Å²) in [6, 6.07) is 6.99. The predicted molar refractivity (Wildman–Crippen MR) is 92.2 cm³/mol. The molecular formula is C17H25BrN2O2. The predicted octanol–water partition coefficient (Wildman–Crippen LogP) is 3.12. The minimum atomic E-state index is -0.207. The Kier molecular flexibility index (Phi) is 5.39. The molecule has 4 rings (SSSR count). The lowest BCUT2D eigenvalue weighted by Gasteiger charge is -2.45. The van der Waals surface area contributed by atoms with Crippen molar-refractivity contribution in [2.24, 2.45) is 5.92 Å². The second-order valence-corrected chi connectivity index (χ2v) is 7.21. The number of piperidine rings is 3. The number of rotatable bonds is 6. The van der Waals surface area contributed by atoms with Crippen LogP contribution in [0.15, 0.2) is 22.7 Å². The molecule has 3 heterocycles. The standard InChI is InChI=1S/C17H25BrN2O2/c1-21-17(22-2)10-13-9-14(18)3-4-15(13)19-16-11-20-7-5-12(16)6-8-20/h3-4,9,12,16-17,19H,5-8,10-11H2,1-2H3/t16-/m1/s1. The zero-order valence-electron chi connectivity index (χ0n) is 13.3. The normalized spacial score (nSPS) is 27.4. The molecule has 3 saturated heterocycles. The maximum atomic E-state index is 5.36. The van der Waals surface area contributed by atoms with E-state index in [1.165, 1.54) is 37.2 Å². The van der Waals surface area contributed by atoms with Crippen molar-refractivity contribution < 1.29 is 9.47 Å². The summed E-state index contributed by atoms with van der Waals surface area (Å²) >= 11 is 3.57. The maximum absolute atomic E-state index is 5.36. The highest BCUT2D eigenvalue weighted by Crippen LogP contribution is 2.31. The van der Waals surface area contributed by atoms with Crippen molar-refractivity contribution in [1.82, 2.24) is 4.90 Å². The Labute approximate surface area is 141 Å². The first kappa shape index (κ1) is 16.2. The fourth-order valence-corrected chi connectivity index (χ4v) is 4.05. The van der Waals surface area contributed by atoms with E-state index < -0.39 is 0 Å². The van der Waals surface area contributed by atoms with E-state index >= 15 is 0 Å². The molecule has 2 bridgehead atoms. The Morgan fingerprint density at radius 2 is 2.00 bits per heavy atom. The number of fused-ring (bicyclic) bond motifs is 3. The highest BCUT2D eigenvalue weighted by Gasteiger charge is 2.34. The lowest BCUT2D eigenvalue weighted by Crippen LogP contribution is -2.53. The van der Waals surface area contributed by atoms with Crippen molar-refractivity contribution in [1.29, 1.82) is 0 Å². The molecule has 122 valence electrons. The molecule has 4 nitrogen and oxygen atoms in total. The highest BCUT2D eigenvalue weighted by atomic mass is 79.9. The summed E-state index contributed by atoms with van der Waals surface area (Å²) < 4.78 is 11.8. The maximum Gasteiger partial charge on any atom is 0.160 e. The van der Waals surface area contributed by atoms with E-state index in [-0.39, 0.29) is 6.29 Å². The number of anilines is 1. The number of nitrogens with one attached hydrogen (secondary N) is 1. The van der Waals surface area contributed by atoms with E-state index in [1.807, 2.05) is 0 Å². The third-order valence-electron chi connectivity index (χ3n) is 4.98. The van der Waals surface area contributed by atoms with Crippen LogP contribution in [0, 0.1) is 5.92 Å². The van der Waals surface area contributed by atoms with Gasteiger partial charge in [0.25, 0.3) is 0 Å². The van der Waals surface area contributed by atoms with Crippen molar-refractivity contribution in [3.63, 3.8) is 0 Å². The molecule has 1 atom stereocenters. The molecule has 0 aliphatic carbocycles. The molecule has 0 unspecified atom stereocenters. The van der Waals surface area contributed by atoms with E-state index in [9.17, 15) is 0 Å². The van der Waals surface area contributed by atoms with Gasteiger partial charge in [0.1, 0.15) is 0 Å². The van der Waals surface area contributed by atoms with Crippen LogP contribution in [-0.2, 0) is 15.9 Å². The second-order valence-electron chi connectivity index (χ2n) is 6.30. The van der Waals surface area contributed by atoms with Crippen molar-refractivity contribution >= 4 is 21.6 Å². The van der Waals surface area contributed by atoms with Gasteiger partial charge < -0.3 is 19.7 Å². The van der Waals surface area contributed by atoms with Crippen LogP contribution >= 0.6 is 15.9 Å². The molecule has 0 spiro atoms. The van der Waals surface area contributed by atoms with Crippen molar-refractivity contribution in [2.45, 2.75) is 31.6 Å². The molecule has 3 aliphatic heterocycles. The Hall–Kier alpha value is -0.620. The van der Waals surface area contributed by atoms with E-state index in [2.05, 4.69) is 44.3 Å². The fourth-order valence-electron chi connectivity index (χ4n) is 3.64. The molecule has 3 aliphatic rings. The minimum Gasteiger partial charge on any atom is -0.381 e. The number of hydrogen-bond donors (Lipinski definition) is 1. The third-order valence-corrected chi connectivity index (χ3v) is 5.47.